The molecule has 0 aliphatic rings. The smallest absolute Gasteiger partial charge is 0.244 e. The number of nitrogens with one attached hydrogen (secondary N) is 1. The number of amides is 2. The molecule has 5 heteroatoms. The van der Waals surface area contributed by atoms with E-state index in [1.54, 1.807) is 18.7 Å². The molecule has 0 saturated carbocycles. The quantitative estimate of drug-likeness (QED) is 0.811. The van der Waals surface area contributed by atoms with Crippen LogP contribution in [0.15, 0.2) is 24.3 Å². The minimum absolute atomic E-state index is 0.0517. The van der Waals surface area contributed by atoms with Gasteiger partial charge in [0.2, 0.25) is 11.8 Å². The highest BCUT2D eigenvalue weighted by atomic mass is 16.2. The van der Waals surface area contributed by atoms with Crippen LogP contribution in [0.5, 0.6) is 0 Å². The fraction of sp³-hybridized carbons (Fsp3) is 0.556. The Balaban J connectivity index is 2.73. The number of nitrogens with zero attached hydrogens (tertiary/aromatic N) is 1. The molecule has 0 aliphatic carbocycles. The molecule has 0 radical (unpaired) electrons. The maximum Gasteiger partial charge on any atom is 0.244 e. The molecule has 23 heavy (non-hydrogen) atoms. The second-order valence-corrected chi connectivity index (χ2v) is 6.56. The normalized spacial score (nSPS) is 13.5. The fourth-order valence-corrected chi connectivity index (χ4v) is 2.45. The van der Waals surface area contributed by atoms with Crippen molar-refractivity contribution in [2.45, 2.75) is 65.6 Å². The summed E-state index contributed by atoms with van der Waals surface area (Å²) < 4.78 is 0. The van der Waals surface area contributed by atoms with Crippen molar-refractivity contribution in [3.05, 3.63) is 29.8 Å². The van der Waals surface area contributed by atoms with Crippen LogP contribution in [-0.4, -0.2) is 28.3 Å². The maximum absolute atomic E-state index is 12.2. The Labute approximate surface area is 139 Å². The van der Waals surface area contributed by atoms with Crippen LogP contribution < -0.4 is 11.1 Å². The summed E-state index contributed by atoms with van der Waals surface area (Å²) in [7, 11) is 0. The summed E-state index contributed by atoms with van der Waals surface area (Å²) in [6, 6.07) is 7.67. The highest BCUT2D eigenvalue weighted by Gasteiger charge is 2.27. The lowest BCUT2D eigenvalue weighted by Gasteiger charge is -2.25. The third kappa shape index (κ3) is 5.67. The van der Waals surface area contributed by atoms with E-state index in [4.69, 9.17) is 5.73 Å². The van der Waals surface area contributed by atoms with Crippen LogP contribution in [0.4, 0.5) is 5.69 Å². The van der Waals surface area contributed by atoms with Crippen LogP contribution in [0.1, 0.15) is 53.0 Å². The minimum atomic E-state index is -0.865. The first-order chi connectivity index (χ1) is 10.7. The van der Waals surface area contributed by atoms with Crippen LogP contribution in [-0.2, 0) is 16.1 Å². The lowest BCUT2D eigenvalue weighted by Crippen LogP contribution is -2.48. The van der Waals surface area contributed by atoms with Gasteiger partial charge in [-0.3, -0.25) is 9.59 Å². The number of benzene rings is 1. The molecule has 0 bridgehead atoms. The molecule has 1 unspecified atom stereocenters. The molecule has 0 spiro atoms. The lowest BCUT2D eigenvalue weighted by molar-refractivity contribution is -0.131. The lowest BCUT2D eigenvalue weighted by atomic mass is 9.96. The van der Waals surface area contributed by atoms with Gasteiger partial charge in [0.1, 0.15) is 0 Å². The zero-order valence-electron chi connectivity index (χ0n) is 14.8. The minimum Gasteiger partial charge on any atom is -0.336 e. The van der Waals surface area contributed by atoms with Crippen molar-refractivity contribution >= 4 is 17.5 Å². The summed E-state index contributed by atoms with van der Waals surface area (Å²) >= 11 is 0. The van der Waals surface area contributed by atoms with E-state index >= 15 is 0 Å². The Kier molecular flexibility index (Phi) is 6.76. The van der Waals surface area contributed by atoms with Gasteiger partial charge in [0, 0.05) is 25.2 Å². The van der Waals surface area contributed by atoms with Gasteiger partial charge in [-0.2, -0.15) is 0 Å². The van der Waals surface area contributed by atoms with E-state index in [1.165, 1.54) is 0 Å². The first-order valence-electron chi connectivity index (χ1n) is 8.14. The summed E-state index contributed by atoms with van der Waals surface area (Å²) in [6.07, 6.45) is 1.49. The number of hydrogen-bond donors (Lipinski definition) is 2. The van der Waals surface area contributed by atoms with E-state index in [-0.39, 0.29) is 17.9 Å². The van der Waals surface area contributed by atoms with Gasteiger partial charge in [-0.05, 0) is 44.9 Å². The molecule has 0 fully saturated rings. The topological polar surface area (TPSA) is 75.4 Å². The van der Waals surface area contributed by atoms with Crippen molar-refractivity contribution in [2.24, 2.45) is 5.73 Å². The van der Waals surface area contributed by atoms with Gasteiger partial charge < -0.3 is 16.0 Å². The molecule has 1 atom stereocenters. The van der Waals surface area contributed by atoms with Crippen molar-refractivity contribution in [2.75, 3.05) is 5.32 Å². The van der Waals surface area contributed by atoms with Crippen LogP contribution in [0.2, 0.25) is 0 Å². The number of anilines is 1. The van der Waals surface area contributed by atoms with Crippen LogP contribution in [0.3, 0.4) is 0 Å². The second kappa shape index (κ2) is 8.11. The van der Waals surface area contributed by atoms with E-state index in [0.29, 0.717) is 18.7 Å². The standard InChI is InChI=1S/C18H29N3O2/c1-6-11-18(5,19)17(23)20-16-9-7-15(8-10-16)12-21(13(2)3)14(4)22/h7-10,13H,6,11-12,19H2,1-5H3,(H,20,23). The molecule has 128 valence electrons. The molecule has 5 nitrogen and oxygen atoms in total. The molecular weight excluding hydrogens is 290 g/mol. The highest BCUT2D eigenvalue weighted by molar-refractivity contribution is 5.97. The van der Waals surface area contributed by atoms with Gasteiger partial charge in [-0.1, -0.05) is 25.5 Å². The van der Waals surface area contributed by atoms with Crippen molar-refractivity contribution in [3.63, 3.8) is 0 Å². The van der Waals surface area contributed by atoms with Gasteiger partial charge in [0.25, 0.3) is 0 Å². The van der Waals surface area contributed by atoms with E-state index in [0.717, 1.165) is 12.0 Å². The highest BCUT2D eigenvalue weighted by Crippen LogP contribution is 2.16. The molecule has 2 amide bonds. The monoisotopic (exact) mass is 319 g/mol. The maximum atomic E-state index is 12.2. The molecule has 0 saturated heterocycles. The number of rotatable bonds is 7. The van der Waals surface area contributed by atoms with Gasteiger partial charge in [0.05, 0.1) is 5.54 Å². The molecule has 0 aliphatic heterocycles. The van der Waals surface area contributed by atoms with Gasteiger partial charge in [-0.25, -0.2) is 0 Å². The first-order valence-corrected chi connectivity index (χ1v) is 8.14. The fourth-order valence-electron chi connectivity index (χ4n) is 2.45. The Morgan fingerprint density at radius 2 is 1.83 bits per heavy atom. The van der Waals surface area contributed by atoms with Crippen molar-refractivity contribution in [1.29, 1.82) is 0 Å². The molecule has 1 aromatic rings. The molecule has 1 aromatic carbocycles. The van der Waals surface area contributed by atoms with Crippen molar-refractivity contribution in [3.8, 4) is 0 Å². The molecular formula is C18H29N3O2. The second-order valence-electron chi connectivity index (χ2n) is 6.56. The van der Waals surface area contributed by atoms with Crippen LogP contribution >= 0.6 is 0 Å². The van der Waals surface area contributed by atoms with Gasteiger partial charge in [0.15, 0.2) is 0 Å². The zero-order valence-corrected chi connectivity index (χ0v) is 14.8. The predicted molar refractivity (Wildman–Crippen MR) is 93.9 cm³/mol. The summed E-state index contributed by atoms with van der Waals surface area (Å²) in [5.41, 5.74) is 6.90. The molecule has 3 N–H and O–H groups in total. The zero-order chi connectivity index (χ0) is 17.6. The predicted octanol–water partition coefficient (Wildman–Crippen LogP) is 2.90. The van der Waals surface area contributed by atoms with Gasteiger partial charge >= 0.3 is 0 Å². The van der Waals surface area contributed by atoms with Crippen molar-refractivity contribution in [1.82, 2.24) is 4.90 Å². The largest absolute Gasteiger partial charge is 0.336 e. The number of nitrogens with two attached hydrogens (primary N) is 1. The average molecular weight is 319 g/mol. The van der Waals surface area contributed by atoms with Crippen LogP contribution in [0, 0.1) is 0 Å². The first kappa shape index (κ1) is 19.2. The summed E-state index contributed by atoms with van der Waals surface area (Å²) in [6.45, 7) is 9.87. The molecule has 1 rings (SSSR count). The summed E-state index contributed by atoms with van der Waals surface area (Å²) in [4.78, 5) is 25.6. The number of carbonyl (C=O) groups is 2. The number of carbonyl (C=O) groups excluding carboxylic acids is 2. The van der Waals surface area contributed by atoms with Crippen molar-refractivity contribution < 1.29 is 9.59 Å². The summed E-state index contributed by atoms with van der Waals surface area (Å²) in [5, 5.41) is 2.85. The third-order valence-corrected chi connectivity index (χ3v) is 3.88. The Bertz CT molecular complexity index is 536. The summed E-state index contributed by atoms with van der Waals surface area (Å²) in [5.74, 6) is -0.129. The van der Waals surface area contributed by atoms with E-state index in [2.05, 4.69) is 5.32 Å². The van der Waals surface area contributed by atoms with Gasteiger partial charge in [-0.15, -0.1) is 0 Å². The molecule has 0 aromatic heterocycles. The average Bonchev–Trinajstić information content (AvgIpc) is 2.45. The SMILES string of the molecule is CCCC(C)(N)C(=O)Nc1ccc(CN(C(C)=O)C(C)C)cc1. The van der Waals surface area contributed by atoms with E-state index in [1.807, 2.05) is 45.0 Å². The Morgan fingerprint density at radius 3 is 2.26 bits per heavy atom. The van der Waals surface area contributed by atoms with E-state index < -0.39 is 5.54 Å². The van der Waals surface area contributed by atoms with E-state index in [9.17, 15) is 9.59 Å². The number of hydrogen-bond acceptors (Lipinski definition) is 3. The Morgan fingerprint density at radius 1 is 1.26 bits per heavy atom. The third-order valence-electron chi connectivity index (χ3n) is 3.88. The van der Waals surface area contributed by atoms with Crippen LogP contribution in [0.25, 0.3) is 0 Å². The Hall–Kier alpha value is -1.88. The molecule has 0 heterocycles.